The Hall–Kier alpha value is -4.04. The molecule has 0 aliphatic heterocycles. The maximum Gasteiger partial charge on any atom is 0.269 e. The summed E-state index contributed by atoms with van der Waals surface area (Å²) in [5, 5.41) is 10.2. The summed E-state index contributed by atoms with van der Waals surface area (Å²) in [5.74, 6) is 0.165. The number of hydrogen-bond acceptors (Lipinski definition) is 6. The first-order chi connectivity index (χ1) is 16.7. The molecular formula is C27H24N4O3S. The van der Waals surface area contributed by atoms with Crippen LogP contribution >= 0.6 is 0 Å². The zero-order chi connectivity index (χ0) is 24.9. The molecule has 35 heavy (non-hydrogen) atoms. The summed E-state index contributed by atoms with van der Waals surface area (Å²) in [6.45, 7) is 7.53. The van der Waals surface area contributed by atoms with E-state index in [4.69, 9.17) is 4.98 Å². The first-order valence-corrected chi connectivity index (χ1v) is 12.5. The molecule has 0 fully saturated rings. The minimum atomic E-state index is -3.98. The van der Waals surface area contributed by atoms with E-state index in [0.717, 1.165) is 22.4 Å². The molecule has 0 saturated heterocycles. The average molecular weight is 485 g/mol. The molecule has 3 heterocycles. The number of aromatic nitrogens is 4. The van der Waals surface area contributed by atoms with Crippen LogP contribution in [0.5, 0.6) is 5.75 Å². The van der Waals surface area contributed by atoms with Crippen LogP contribution in [0.4, 0.5) is 0 Å². The lowest BCUT2D eigenvalue weighted by molar-refractivity contribution is 0.471. The Bertz CT molecular complexity index is 1690. The van der Waals surface area contributed by atoms with E-state index in [9.17, 15) is 13.5 Å². The maximum absolute atomic E-state index is 13.8. The molecule has 0 aliphatic carbocycles. The van der Waals surface area contributed by atoms with Crippen molar-refractivity contribution in [1.29, 1.82) is 0 Å². The predicted octanol–water partition coefficient (Wildman–Crippen LogP) is 5.34. The monoisotopic (exact) mass is 484 g/mol. The third-order valence-corrected chi connectivity index (χ3v) is 7.85. The minimum Gasteiger partial charge on any atom is -0.508 e. The number of rotatable bonds is 4. The van der Waals surface area contributed by atoms with Gasteiger partial charge in [0.1, 0.15) is 11.3 Å². The molecule has 2 aromatic carbocycles. The second-order valence-corrected chi connectivity index (χ2v) is 10.5. The lowest BCUT2D eigenvalue weighted by Gasteiger charge is -2.13. The van der Waals surface area contributed by atoms with Crippen molar-refractivity contribution >= 4 is 21.2 Å². The number of fused-ring (bicyclic) bond motifs is 1. The molecule has 8 heteroatoms. The zero-order valence-electron chi connectivity index (χ0n) is 19.8. The zero-order valence-corrected chi connectivity index (χ0v) is 20.6. The van der Waals surface area contributed by atoms with Gasteiger partial charge in [-0.2, -0.15) is 0 Å². The standard InChI is InChI=1S/C27H24N4O3S/c1-16-5-10-21(11-6-16)35(33,34)31-24(20-9-8-18(3)28-14-20)13-22-27(31)29-15-23(30-22)26-17(2)7-12-25(32)19(26)4/h5-15,32H,1-4H3. The summed E-state index contributed by atoms with van der Waals surface area (Å²) in [6, 6.07) is 15.6. The number of aryl methyl sites for hydroxylation is 3. The van der Waals surface area contributed by atoms with Crippen molar-refractivity contribution in [3.63, 3.8) is 0 Å². The van der Waals surface area contributed by atoms with E-state index < -0.39 is 10.0 Å². The Balaban J connectivity index is 1.80. The Kier molecular flexibility index (Phi) is 5.40. The van der Waals surface area contributed by atoms with Crippen LogP contribution in [0.3, 0.4) is 0 Å². The fourth-order valence-corrected chi connectivity index (χ4v) is 5.66. The molecule has 5 aromatic rings. The molecule has 0 aliphatic rings. The summed E-state index contributed by atoms with van der Waals surface area (Å²) in [5.41, 5.74) is 6.45. The van der Waals surface area contributed by atoms with E-state index in [1.165, 1.54) is 3.97 Å². The second kappa shape index (κ2) is 8.32. The third-order valence-electron chi connectivity index (χ3n) is 6.13. The van der Waals surface area contributed by atoms with Crippen LogP contribution in [0.1, 0.15) is 22.4 Å². The topological polar surface area (TPSA) is 98.0 Å². The summed E-state index contributed by atoms with van der Waals surface area (Å²) < 4.78 is 28.9. The lowest BCUT2D eigenvalue weighted by atomic mass is 9.99. The molecule has 0 saturated carbocycles. The number of hydrogen-bond donors (Lipinski definition) is 1. The van der Waals surface area contributed by atoms with E-state index in [-0.39, 0.29) is 16.3 Å². The second-order valence-electron chi connectivity index (χ2n) is 8.67. The fraction of sp³-hybridized carbons (Fsp3) is 0.148. The quantitative estimate of drug-likeness (QED) is 0.370. The summed E-state index contributed by atoms with van der Waals surface area (Å²) >= 11 is 0. The summed E-state index contributed by atoms with van der Waals surface area (Å²) in [7, 11) is -3.98. The van der Waals surface area contributed by atoms with Gasteiger partial charge in [-0.1, -0.05) is 23.8 Å². The van der Waals surface area contributed by atoms with Gasteiger partial charge in [0.15, 0.2) is 5.65 Å². The number of pyridine rings is 1. The van der Waals surface area contributed by atoms with Gasteiger partial charge < -0.3 is 5.11 Å². The van der Waals surface area contributed by atoms with Gasteiger partial charge in [0.05, 0.1) is 22.5 Å². The molecule has 7 nitrogen and oxygen atoms in total. The Morgan fingerprint density at radius 2 is 1.60 bits per heavy atom. The Labute approximate surface area is 203 Å². The van der Waals surface area contributed by atoms with Gasteiger partial charge in [-0.05, 0) is 69.7 Å². The SMILES string of the molecule is Cc1ccc(S(=O)(=O)n2c(-c3ccc(C)nc3)cc3nc(-c4c(C)ccc(O)c4C)cnc32)cc1. The third kappa shape index (κ3) is 3.85. The van der Waals surface area contributed by atoms with Gasteiger partial charge in [0, 0.05) is 28.6 Å². The summed E-state index contributed by atoms with van der Waals surface area (Å²) in [4.78, 5) is 13.9. The number of phenols is 1. The molecule has 0 amide bonds. The molecule has 0 spiro atoms. The highest BCUT2D eigenvalue weighted by molar-refractivity contribution is 7.90. The summed E-state index contributed by atoms with van der Waals surface area (Å²) in [6.07, 6.45) is 3.20. The van der Waals surface area contributed by atoms with Crippen LogP contribution in [0.25, 0.3) is 33.7 Å². The van der Waals surface area contributed by atoms with Crippen molar-refractivity contribution in [2.24, 2.45) is 0 Å². The Morgan fingerprint density at radius 3 is 2.29 bits per heavy atom. The van der Waals surface area contributed by atoms with Crippen molar-refractivity contribution in [2.75, 3.05) is 0 Å². The van der Waals surface area contributed by atoms with Crippen LogP contribution in [0, 0.1) is 27.7 Å². The van der Waals surface area contributed by atoms with E-state index >= 15 is 0 Å². The predicted molar refractivity (Wildman–Crippen MR) is 136 cm³/mol. The van der Waals surface area contributed by atoms with Crippen LogP contribution in [0.2, 0.25) is 0 Å². The first kappa shape index (κ1) is 22.7. The lowest BCUT2D eigenvalue weighted by Crippen LogP contribution is -2.15. The number of benzene rings is 2. The molecule has 0 atom stereocenters. The van der Waals surface area contributed by atoms with Gasteiger partial charge in [-0.25, -0.2) is 22.4 Å². The van der Waals surface area contributed by atoms with Crippen molar-refractivity contribution < 1.29 is 13.5 Å². The molecule has 0 bridgehead atoms. The largest absolute Gasteiger partial charge is 0.508 e. The minimum absolute atomic E-state index is 0.160. The highest BCUT2D eigenvalue weighted by atomic mass is 32.2. The number of nitrogens with zero attached hydrogens (tertiary/aromatic N) is 4. The van der Waals surface area contributed by atoms with Gasteiger partial charge in [0.2, 0.25) is 0 Å². The van der Waals surface area contributed by atoms with Crippen molar-refractivity contribution in [3.05, 3.63) is 89.4 Å². The van der Waals surface area contributed by atoms with Crippen molar-refractivity contribution in [1.82, 2.24) is 18.9 Å². The molecule has 5 rings (SSSR count). The van der Waals surface area contributed by atoms with Crippen LogP contribution < -0.4 is 0 Å². The van der Waals surface area contributed by atoms with Crippen molar-refractivity contribution in [2.45, 2.75) is 32.6 Å². The highest BCUT2D eigenvalue weighted by Crippen LogP contribution is 2.35. The van der Waals surface area contributed by atoms with Crippen LogP contribution in [-0.4, -0.2) is 32.4 Å². The van der Waals surface area contributed by atoms with Gasteiger partial charge in [-0.3, -0.25) is 4.98 Å². The van der Waals surface area contributed by atoms with Gasteiger partial charge >= 0.3 is 0 Å². The average Bonchev–Trinajstić information content (AvgIpc) is 3.22. The van der Waals surface area contributed by atoms with E-state index in [1.54, 1.807) is 48.8 Å². The fourth-order valence-electron chi connectivity index (χ4n) is 4.18. The van der Waals surface area contributed by atoms with Crippen LogP contribution in [0.15, 0.2) is 71.9 Å². The van der Waals surface area contributed by atoms with Crippen molar-refractivity contribution in [3.8, 4) is 28.3 Å². The highest BCUT2D eigenvalue weighted by Gasteiger charge is 2.26. The molecule has 0 radical (unpaired) electrons. The number of aromatic hydroxyl groups is 1. The van der Waals surface area contributed by atoms with Crippen LogP contribution in [-0.2, 0) is 10.0 Å². The van der Waals surface area contributed by atoms with E-state index in [0.29, 0.717) is 28.0 Å². The van der Waals surface area contributed by atoms with Gasteiger partial charge in [-0.15, -0.1) is 0 Å². The van der Waals surface area contributed by atoms with Gasteiger partial charge in [0.25, 0.3) is 10.0 Å². The normalized spacial score (nSPS) is 11.8. The van der Waals surface area contributed by atoms with E-state index in [1.807, 2.05) is 45.9 Å². The molecule has 176 valence electrons. The molecule has 0 unspecified atom stereocenters. The molecule has 3 aromatic heterocycles. The van der Waals surface area contributed by atoms with E-state index in [2.05, 4.69) is 9.97 Å². The maximum atomic E-state index is 13.8. The number of phenolic OH excluding ortho intramolecular Hbond substituents is 1. The first-order valence-electron chi connectivity index (χ1n) is 11.1. The molecular weight excluding hydrogens is 460 g/mol. The molecule has 1 N–H and O–H groups in total. The Morgan fingerprint density at radius 1 is 0.857 bits per heavy atom. The smallest absolute Gasteiger partial charge is 0.269 e.